The summed E-state index contributed by atoms with van der Waals surface area (Å²) in [7, 11) is 0. The summed E-state index contributed by atoms with van der Waals surface area (Å²) in [6.45, 7) is 5.38. The molecule has 2 rings (SSSR count). The Morgan fingerprint density at radius 1 is 1.32 bits per heavy atom. The maximum absolute atomic E-state index is 12.2. The van der Waals surface area contributed by atoms with E-state index in [-0.39, 0.29) is 5.82 Å². The normalized spacial score (nSPS) is 11.4. The van der Waals surface area contributed by atoms with E-state index in [0.717, 1.165) is 22.2 Å². The van der Waals surface area contributed by atoms with Gasteiger partial charge in [-0.15, -0.1) is 9.78 Å². The van der Waals surface area contributed by atoms with Crippen molar-refractivity contribution in [1.29, 1.82) is 0 Å². The maximum atomic E-state index is 12.2. The van der Waals surface area contributed by atoms with E-state index < -0.39 is 17.3 Å². The average Bonchev–Trinajstić information content (AvgIpc) is 2.74. The summed E-state index contributed by atoms with van der Waals surface area (Å²) in [6.07, 6.45) is 1.56. The van der Waals surface area contributed by atoms with E-state index in [4.69, 9.17) is 5.84 Å². The highest BCUT2D eigenvalue weighted by Crippen LogP contribution is 2.13. The molecule has 0 unspecified atom stereocenters. The minimum absolute atomic E-state index is 0.280. The van der Waals surface area contributed by atoms with Gasteiger partial charge >= 0.3 is 11.7 Å². The number of nitrogens with one attached hydrogen (secondary N) is 1. The molecule has 3 N–H and O–H groups in total. The topological polar surface area (TPSA) is 94.9 Å². The van der Waals surface area contributed by atoms with Gasteiger partial charge in [-0.25, -0.2) is 9.59 Å². The minimum Gasteiger partial charge on any atom is -0.333 e. The van der Waals surface area contributed by atoms with Crippen LogP contribution in [-0.4, -0.2) is 26.0 Å². The van der Waals surface area contributed by atoms with Crippen molar-refractivity contribution in [2.24, 2.45) is 0 Å². The summed E-state index contributed by atoms with van der Waals surface area (Å²) in [6, 6.07) is 9.45. The Morgan fingerprint density at radius 2 is 1.95 bits per heavy atom. The van der Waals surface area contributed by atoms with Gasteiger partial charge in [0, 0.05) is 5.54 Å². The van der Waals surface area contributed by atoms with E-state index >= 15 is 0 Å². The summed E-state index contributed by atoms with van der Waals surface area (Å²) in [5.74, 6) is 5.76. The van der Waals surface area contributed by atoms with Gasteiger partial charge in [-0.2, -0.15) is 4.68 Å². The molecule has 2 aromatic rings. The Bertz CT molecular complexity index is 715. The second kappa shape index (κ2) is 6.05. The summed E-state index contributed by atoms with van der Waals surface area (Å²) in [4.78, 5) is 24.0. The van der Waals surface area contributed by atoms with Crippen molar-refractivity contribution in [2.45, 2.75) is 39.2 Å². The van der Waals surface area contributed by atoms with E-state index in [1.54, 1.807) is 6.92 Å². The lowest BCUT2D eigenvalue weighted by atomic mass is 9.95. The molecular weight excluding hydrogens is 282 g/mol. The number of nitrogens with zero attached hydrogens (tertiary/aromatic N) is 3. The summed E-state index contributed by atoms with van der Waals surface area (Å²) in [5, 5.41) is 6.66. The summed E-state index contributed by atoms with van der Waals surface area (Å²) >= 11 is 0. The van der Waals surface area contributed by atoms with Gasteiger partial charge in [0.2, 0.25) is 0 Å². The molecule has 0 bridgehead atoms. The highest BCUT2D eigenvalue weighted by atomic mass is 16.2. The van der Waals surface area contributed by atoms with Crippen molar-refractivity contribution in [3.63, 3.8) is 0 Å². The molecule has 118 valence electrons. The van der Waals surface area contributed by atoms with Crippen molar-refractivity contribution >= 4 is 6.03 Å². The number of hydrogen-bond donors (Lipinski definition) is 2. The van der Waals surface area contributed by atoms with Crippen LogP contribution in [0.4, 0.5) is 4.79 Å². The third kappa shape index (κ3) is 3.55. The van der Waals surface area contributed by atoms with Gasteiger partial charge in [0.25, 0.3) is 0 Å². The zero-order chi connectivity index (χ0) is 16.3. The highest BCUT2D eigenvalue weighted by molar-refractivity contribution is 5.76. The van der Waals surface area contributed by atoms with E-state index in [2.05, 4.69) is 10.4 Å². The van der Waals surface area contributed by atoms with Crippen LogP contribution >= 0.6 is 0 Å². The third-order valence-electron chi connectivity index (χ3n) is 3.50. The Morgan fingerprint density at radius 3 is 2.50 bits per heavy atom. The number of rotatable bonds is 4. The molecule has 1 amide bonds. The molecule has 1 aromatic heterocycles. The van der Waals surface area contributed by atoms with Crippen LogP contribution in [0.25, 0.3) is 0 Å². The molecule has 7 nitrogen and oxygen atoms in total. The lowest BCUT2D eigenvalue weighted by Crippen LogP contribution is -2.49. The first-order chi connectivity index (χ1) is 10.3. The molecule has 0 radical (unpaired) electrons. The number of carbonyl (C=O) groups excluding carboxylic acids is 1. The maximum Gasteiger partial charge on any atom is 0.373 e. The van der Waals surface area contributed by atoms with Crippen LogP contribution in [0.5, 0.6) is 0 Å². The number of aromatic nitrogens is 3. The predicted molar refractivity (Wildman–Crippen MR) is 84.1 cm³/mol. The van der Waals surface area contributed by atoms with Gasteiger partial charge in [-0.3, -0.25) is 0 Å². The Balaban J connectivity index is 2.03. The molecule has 0 aliphatic carbocycles. The number of aryl methyl sites for hydroxylation is 2. The lowest BCUT2D eigenvalue weighted by molar-refractivity contribution is 0.225. The quantitative estimate of drug-likeness (QED) is 0.825. The van der Waals surface area contributed by atoms with Gasteiger partial charge in [0.1, 0.15) is 0 Å². The first-order valence-electron chi connectivity index (χ1n) is 7.10. The number of amides is 1. The third-order valence-corrected chi connectivity index (χ3v) is 3.50. The molecule has 1 aromatic carbocycles. The molecule has 7 heteroatoms. The molecule has 0 spiro atoms. The van der Waals surface area contributed by atoms with Gasteiger partial charge < -0.3 is 11.2 Å². The van der Waals surface area contributed by atoms with Crippen LogP contribution < -0.4 is 16.8 Å². The average molecular weight is 303 g/mol. The molecule has 0 saturated heterocycles. The van der Waals surface area contributed by atoms with Crippen molar-refractivity contribution in [3.8, 4) is 0 Å². The highest BCUT2D eigenvalue weighted by Gasteiger charge is 2.23. The second-order valence-electron chi connectivity index (χ2n) is 5.91. The fraction of sp³-hybridized carbons (Fsp3) is 0.400. The summed E-state index contributed by atoms with van der Waals surface area (Å²) < 4.78 is 1.59. The zero-order valence-corrected chi connectivity index (χ0v) is 13.0. The second-order valence-corrected chi connectivity index (χ2v) is 5.91. The zero-order valence-electron chi connectivity index (χ0n) is 13.0. The van der Waals surface area contributed by atoms with Crippen molar-refractivity contribution in [2.75, 3.05) is 5.84 Å². The molecule has 0 atom stereocenters. The minimum atomic E-state index is -0.658. The van der Waals surface area contributed by atoms with Gasteiger partial charge in [-0.05, 0) is 39.2 Å². The Kier molecular flexibility index (Phi) is 4.35. The fourth-order valence-corrected chi connectivity index (χ4v) is 2.11. The molecule has 0 fully saturated rings. The van der Waals surface area contributed by atoms with E-state index in [1.165, 1.54) is 5.56 Å². The van der Waals surface area contributed by atoms with Gasteiger partial charge in [-0.1, -0.05) is 30.3 Å². The van der Waals surface area contributed by atoms with Crippen molar-refractivity contribution in [3.05, 3.63) is 52.2 Å². The fourth-order valence-electron chi connectivity index (χ4n) is 2.11. The molecule has 22 heavy (non-hydrogen) atoms. The molecule has 1 heterocycles. The molecule has 0 aliphatic heterocycles. The first kappa shape index (κ1) is 15.8. The number of hydrogen-bond acceptors (Lipinski definition) is 4. The largest absolute Gasteiger partial charge is 0.373 e. The smallest absolute Gasteiger partial charge is 0.333 e. The van der Waals surface area contributed by atoms with E-state index in [9.17, 15) is 9.59 Å². The lowest BCUT2D eigenvalue weighted by Gasteiger charge is -2.25. The molecule has 0 aliphatic rings. The van der Waals surface area contributed by atoms with Crippen LogP contribution in [0, 0.1) is 6.92 Å². The van der Waals surface area contributed by atoms with Crippen LogP contribution in [0.15, 0.2) is 35.1 Å². The van der Waals surface area contributed by atoms with Gasteiger partial charge in [0.05, 0.1) is 0 Å². The Labute approximate surface area is 128 Å². The predicted octanol–water partition coefficient (Wildman–Crippen LogP) is 1.04. The molecular formula is C15H21N5O2. The number of carbonyl (C=O) groups is 1. The molecule has 0 saturated carbocycles. The Hall–Kier alpha value is -2.57. The number of nitrogens with two attached hydrogens (primary N) is 1. The van der Waals surface area contributed by atoms with E-state index in [1.807, 2.05) is 44.2 Å². The SMILES string of the molecule is Cc1nn(C(=O)NC(C)(C)CCc2ccccc2)c(=O)n1N. The van der Waals surface area contributed by atoms with E-state index in [0.29, 0.717) is 0 Å². The van der Waals surface area contributed by atoms with Crippen molar-refractivity contribution < 1.29 is 4.79 Å². The first-order valence-corrected chi connectivity index (χ1v) is 7.10. The van der Waals surface area contributed by atoms with Crippen molar-refractivity contribution in [1.82, 2.24) is 19.8 Å². The monoisotopic (exact) mass is 303 g/mol. The van der Waals surface area contributed by atoms with Crippen LogP contribution in [-0.2, 0) is 6.42 Å². The standard InChI is InChI=1S/C15H21N5O2/c1-11-18-20(14(22)19(11)16)13(21)17-15(2,3)10-9-12-7-5-4-6-8-12/h4-8H,9-10,16H2,1-3H3,(H,17,21). The van der Waals surface area contributed by atoms with Crippen LogP contribution in [0.2, 0.25) is 0 Å². The number of nitrogen functional groups attached to an aromatic ring is 1. The summed E-state index contributed by atoms with van der Waals surface area (Å²) in [5.41, 5.74) is 0.0662. The van der Waals surface area contributed by atoms with Crippen LogP contribution in [0.3, 0.4) is 0 Å². The number of benzene rings is 1. The van der Waals surface area contributed by atoms with Gasteiger partial charge in [0.15, 0.2) is 5.82 Å². The van der Waals surface area contributed by atoms with Crippen LogP contribution in [0.1, 0.15) is 31.7 Å².